The van der Waals surface area contributed by atoms with E-state index in [0.29, 0.717) is 11.3 Å². The highest BCUT2D eigenvalue weighted by Gasteiger charge is 2.45. The van der Waals surface area contributed by atoms with Crippen LogP contribution < -0.4 is 5.32 Å². The van der Waals surface area contributed by atoms with E-state index < -0.39 is 42.3 Å². The number of alkyl halides is 4. The van der Waals surface area contributed by atoms with Gasteiger partial charge in [0.25, 0.3) is 0 Å². The van der Waals surface area contributed by atoms with Gasteiger partial charge < -0.3 is 10.4 Å². The molecular weight excluding hydrogens is 446 g/mol. The molecule has 12 heteroatoms. The smallest absolute Gasteiger partial charge is 0.451 e. The Hall–Kier alpha value is -3.31. The van der Waals surface area contributed by atoms with Crippen molar-refractivity contribution in [1.29, 1.82) is 0 Å². The fourth-order valence-electron chi connectivity index (χ4n) is 4.01. The van der Waals surface area contributed by atoms with Gasteiger partial charge in [-0.15, -0.1) is 0 Å². The number of aromatic nitrogens is 3. The highest BCUT2D eigenvalue weighted by atomic mass is 19.4. The van der Waals surface area contributed by atoms with Crippen molar-refractivity contribution in [1.82, 2.24) is 25.2 Å². The molecule has 2 aliphatic rings. The lowest BCUT2D eigenvalue weighted by Crippen LogP contribution is -2.47. The summed E-state index contributed by atoms with van der Waals surface area (Å²) in [5.41, 5.74) is 2.20. The first-order chi connectivity index (χ1) is 15.6. The number of hydrogen-bond acceptors (Lipinski definition) is 5. The molecule has 0 spiro atoms. The van der Waals surface area contributed by atoms with Crippen LogP contribution in [0.5, 0.6) is 0 Å². The van der Waals surface area contributed by atoms with Gasteiger partial charge in [0.05, 0.1) is 11.7 Å². The Morgan fingerprint density at radius 3 is 2.42 bits per heavy atom. The van der Waals surface area contributed by atoms with Gasteiger partial charge in [-0.25, -0.2) is 19.2 Å². The number of nitrogens with one attached hydrogen (secondary N) is 1. The molecule has 2 N–H and O–H groups in total. The van der Waals surface area contributed by atoms with Gasteiger partial charge >= 0.3 is 12.3 Å². The number of carboxylic acid groups (broad SMARTS) is 1. The monoisotopic (exact) mass is 467 g/mol. The molecule has 0 unspecified atom stereocenters. The number of rotatable bonds is 5. The van der Waals surface area contributed by atoms with Gasteiger partial charge in [-0.05, 0) is 42.9 Å². The number of hydrogen-bond donors (Lipinski definition) is 2. The van der Waals surface area contributed by atoms with Crippen LogP contribution in [0.25, 0.3) is 11.3 Å². The average Bonchev–Trinajstić information content (AvgIpc) is 3.56. The third-order valence-corrected chi connectivity index (χ3v) is 5.97. The fourth-order valence-corrected chi connectivity index (χ4v) is 4.01. The van der Waals surface area contributed by atoms with E-state index in [-0.39, 0.29) is 24.4 Å². The van der Waals surface area contributed by atoms with E-state index in [4.69, 9.17) is 0 Å². The minimum Gasteiger partial charge on any atom is -0.465 e. The summed E-state index contributed by atoms with van der Waals surface area (Å²) in [7, 11) is 0. The maximum absolute atomic E-state index is 14.0. The molecule has 1 saturated carbocycles. The van der Waals surface area contributed by atoms with Gasteiger partial charge in [0, 0.05) is 37.1 Å². The minimum atomic E-state index is -4.66. The number of carbonyl (C=O) groups excluding carboxylic acids is 1. The first-order valence-electron chi connectivity index (χ1n) is 10.4. The summed E-state index contributed by atoms with van der Waals surface area (Å²) in [4.78, 5) is 36.0. The number of pyridine rings is 1. The van der Waals surface area contributed by atoms with Crippen LogP contribution in [0.2, 0.25) is 0 Å². The van der Waals surface area contributed by atoms with Crippen molar-refractivity contribution in [2.75, 3.05) is 0 Å². The Kier molecular flexibility index (Phi) is 5.93. The lowest BCUT2D eigenvalue weighted by molar-refractivity contribution is -0.145. The van der Waals surface area contributed by atoms with Crippen LogP contribution in [0.15, 0.2) is 24.7 Å². The second-order valence-corrected chi connectivity index (χ2v) is 8.25. The molecule has 2 aromatic heterocycles. The van der Waals surface area contributed by atoms with Gasteiger partial charge in [-0.2, -0.15) is 13.2 Å². The van der Waals surface area contributed by atoms with E-state index in [9.17, 15) is 32.3 Å². The summed E-state index contributed by atoms with van der Waals surface area (Å²) >= 11 is 0. The Morgan fingerprint density at radius 1 is 1.18 bits per heavy atom. The molecule has 3 atom stereocenters. The minimum absolute atomic E-state index is 0.0387. The highest BCUT2D eigenvalue weighted by Crippen LogP contribution is 2.42. The maximum Gasteiger partial charge on any atom is 0.451 e. The van der Waals surface area contributed by atoms with Crippen LogP contribution in [-0.4, -0.2) is 55.2 Å². The Bertz CT molecular complexity index is 1060. The summed E-state index contributed by atoms with van der Waals surface area (Å²) in [5, 5.41) is 12.0. The molecular formula is C21H21F4N5O3. The molecule has 0 radical (unpaired) electrons. The van der Waals surface area contributed by atoms with E-state index in [2.05, 4.69) is 20.3 Å². The third kappa shape index (κ3) is 4.74. The Labute approximate surface area is 186 Å². The number of nitrogens with zero attached hydrogens (tertiary/aromatic N) is 4. The predicted molar refractivity (Wildman–Crippen MR) is 107 cm³/mol. The average molecular weight is 467 g/mol. The van der Waals surface area contributed by atoms with Gasteiger partial charge in [0.15, 0.2) is 0 Å². The molecule has 0 bridgehead atoms. The van der Waals surface area contributed by atoms with Crippen molar-refractivity contribution >= 4 is 12.0 Å². The molecule has 2 aromatic rings. The van der Waals surface area contributed by atoms with E-state index >= 15 is 0 Å². The predicted octanol–water partition coefficient (Wildman–Crippen LogP) is 3.53. The first-order valence-corrected chi connectivity index (χ1v) is 10.4. The van der Waals surface area contributed by atoms with Crippen molar-refractivity contribution in [2.45, 2.75) is 63.1 Å². The van der Waals surface area contributed by atoms with Crippen LogP contribution in [0.1, 0.15) is 49.1 Å². The molecule has 1 aliphatic heterocycles. The number of carbonyl (C=O) groups is 2. The van der Waals surface area contributed by atoms with Gasteiger partial charge in [0.1, 0.15) is 12.2 Å². The summed E-state index contributed by atoms with van der Waals surface area (Å²) in [5.74, 6) is -1.60. The van der Waals surface area contributed by atoms with Crippen LogP contribution in [0, 0.1) is 0 Å². The largest absolute Gasteiger partial charge is 0.465 e. The zero-order chi connectivity index (χ0) is 23.9. The molecule has 0 aromatic carbocycles. The summed E-state index contributed by atoms with van der Waals surface area (Å²) in [6.45, 7) is 1.45. The van der Waals surface area contributed by atoms with E-state index in [1.807, 2.05) is 0 Å². The molecule has 4 rings (SSSR count). The fraction of sp³-hybridized carbons (Fsp3) is 0.476. The lowest BCUT2D eigenvalue weighted by atomic mass is 10.0. The van der Waals surface area contributed by atoms with E-state index in [1.165, 1.54) is 6.92 Å². The Balaban J connectivity index is 1.53. The zero-order valence-corrected chi connectivity index (χ0v) is 17.5. The molecule has 1 saturated heterocycles. The van der Waals surface area contributed by atoms with Crippen molar-refractivity contribution < 1.29 is 32.3 Å². The van der Waals surface area contributed by atoms with Crippen LogP contribution >= 0.6 is 0 Å². The van der Waals surface area contributed by atoms with E-state index in [1.54, 1.807) is 12.3 Å². The van der Waals surface area contributed by atoms with Gasteiger partial charge in [-0.1, -0.05) is 0 Å². The van der Waals surface area contributed by atoms with Crippen LogP contribution in [0.3, 0.4) is 0 Å². The molecule has 8 nitrogen and oxygen atoms in total. The maximum atomic E-state index is 14.0. The van der Waals surface area contributed by atoms with Crippen molar-refractivity contribution in [2.24, 2.45) is 0 Å². The van der Waals surface area contributed by atoms with Gasteiger partial charge in [-0.3, -0.25) is 14.7 Å². The number of likely N-dealkylation sites (tertiary alicyclic amines) is 1. The number of amides is 2. The normalized spacial score (nSPS) is 22.9. The molecule has 3 heterocycles. The summed E-state index contributed by atoms with van der Waals surface area (Å²) < 4.78 is 52.2. The summed E-state index contributed by atoms with van der Waals surface area (Å²) in [6, 6.07) is -0.418. The molecule has 2 fully saturated rings. The van der Waals surface area contributed by atoms with Crippen molar-refractivity contribution in [3.8, 4) is 11.3 Å². The molecule has 33 heavy (non-hydrogen) atoms. The Morgan fingerprint density at radius 2 is 1.85 bits per heavy atom. The zero-order valence-electron chi connectivity index (χ0n) is 17.5. The molecule has 1 aliphatic carbocycles. The lowest BCUT2D eigenvalue weighted by Gasteiger charge is -2.24. The standard InChI is InChI=1S/C21H21F4N5O3/c1-10-15(22)5-17(30(10)20(32)33)18(31)27-6-12-4-16(26-9-14(12)11-2-3-11)13-7-28-19(29-8-13)21(23,24)25/h4,7-11,15,17H,2-3,5-6H2,1H3,(H,27,31)(H,32,33)/t10-,15+,17-/m0/s1. The van der Waals surface area contributed by atoms with Gasteiger partial charge in [0.2, 0.25) is 11.7 Å². The number of halogens is 4. The second-order valence-electron chi connectivity index (χ2n) is 8.25. The molecule has 176 valence electrons. The van der Waals surface area contributed by atoms with E-state index in [0.717, 1.165) is 35.7 Å². The third-order valence-electron chi connectivity index (χ3n) is 5.97. The summed E-state index contributed by atoms with van der Waals surface area (Å²) in [6.07, 6.45) is -2.11. The topological polar surface area (TPSA) is 108 Å². The van der Waals surface area contributed by atoms with Crippen molar-refractivity contribution in [3.05, 3.63) is 41.6 Å². The second kappa shape index (κ2) is 8.56. The quantitative estimate of drug-likeness (QED) is 0.652. The SMILES string of the molecule is C[C@H]1[C@H](F)C[C@@H](C(=O)NCc2cc(-c3cnc(C(F)(F)F)nc3)ncc2C2CC2)N1C(=O)O. The van der Waals surface area contributed by atoms with Crippen molar-refractivity contribution in [3.63, 3.8) is 0 Å². The highest BCUT2D eigenvalue weighted by molar-refractivity contribution is 5.86. The van der Waals surface area contributed by atoms with Crippen LogP contribution in [0.4, 0.5) is 22.4 Å². The molecule has 2 amide bonds. The first kappa shape index (κ1) is 22.9. The van der Waals surface area contributed by atoms with Crippen LogP contribution in [-0.2, 0) is 17.5 Å².